The third-order valence-corrected chi connectivity index (χ3v) is 2.39. The summed E-state index contributed by atoms with van der Waals surface area (Å²) in [5.74, 6) is -0.720. The summed E-state index contributed by atoms with van der Waals surface area (Å²) in [4.78, 5) is 22.1. The number of nitrogens with zero attached hydrogens (tertiary/aromatic N) is 1. The fraction of sp³-hybridized carbons (Fsp3) is 0.0909. The highest BCUT2D eigenvalue weighted by atomic mass is 16.6. The van der Waals surface area contributed by atoms with Crippen molar-refractivity contribution in [2.45, 2.75) is 0 Å². The number of ether oxygens (including phenoxy) is 1. The summed E-state index contributed by atoms with van der Waals surface area (Å²) in [7, 11) is 1.71. The number of phenols is 1. The maximum Gasteiger partial charge on any atom is 0.412 e. The zero-order valence-corrected chi connectivity index (χ0v) is 9.01. The standard InChI is InChI=1S/C11H10N2O4/c1-13-5-8(10(15)17-11(12)16)7-3-2-6(14)4-9(7)13/h2-5,14H,1H3,(H2,12,16). The van der Waals surface area contributed by atoms with Crippen LogP contribution < -0.4 is 5.73 Å². The third-order valence-electron chi connectivity index (χ3n) is 2.39. The highest BCUT2D eigenvalue weighted by Gasteiger charge is 2.17. The van der Waals surface area contributed by atoms with Crippen LogP contribution in [0.2, 0.25) is 0 Å². The molecule has 1 amide bonds. The summed E-state index contributed by atoms with van der Waals surface area (Å²) >= 11 is 0. The fourth-order valence-corrected chi connectivity index (χ4v) is 1.68. The Hall–Kier alpha value is -2.50. The molecule has 88 valence electrons. The lowest BCUT2D eigenvalue weighted by molar-refractivity contribution is 0.0640. The van der Waals surface area contributed by atoms with Gasteiger partial charge in [0.1, 0.15) is 5.75 Å². The third kappa shape index (κ3) is 1.92. The zero-order chi connectivity index (χ0) is 12.6. The minimum absolute atomic E-state index is 0.0912. The Morgan fingerprint density at radius 3 is 2.76 bits per heavy atom. The van der Waals surface area contributed by atoms with Gasteiger partial charge >= 0.3 is 12.1 Å². The van der Waals surface area contributed by atoms with Crippen LogP contribution in [0.4, 0.5) is 4.79 Å². The molecule has 0 aliphatic rings. The zero-order valence-electron chi connectivity index (χ0n) is 9.01. The van der Waals surface area contributed by atoms with Crippen LogP contribution in [0.5, 0.6) is 5.75 Å². The minimum Gasteiger partial charge on any atom is -0.508 e. The van der Waals surface area contributed by atoms with E-state index in [0.29, 0.717) is 10.9 Å². The molecule has 1 heterocycles. The van der Waals surface area contributed by atoms with E-state index in [0.717, 1.165) is 0 Å². The number of primary amides is 1. The summed E-state index contributed by atoms with van der Waals surface area (Å²) in [6, 6.07) is 4.53. The number of carbonyl (C=O) groups excluding carboxylic acids is 2. The number of nitrogens with two attached hydrogens (primary N) is 1. The van der Waals surface area contributed by atoms with E-state index >= 15 is 0 Å². The highest BCUT2D eigenvalue weighted by molar-refractivity contribution is 6.07. The second-order valence-corrected chi connectivity index (χ2v) is 3.56. The smallest absolute Gasteiger partial charge is 0.412 e. The molecule has 3 N–H and O–H groups in total. The maximum absolute atomic E-state index is 11.6. The largest absolute Gasteiger partial charge is 0.508 e. The molecule has 6 nitrogen and oxygen atoms in total. The van der Waals surface area contributed by atoms with Crippen LogP contribution in [0, 0.1) is 0 Å². The number of benzene rings is 1. The molecule has 0 bridgehead atoms. The van der Waals surface area contributed by atoms with E-state index < -0.39 is 12.1 Å². The van der Waals surface area contributed by atoms with Gasteiger partial charge < -0.3 is 20.1 Å². The van der Waals surface area contributed by atoms with E-state index in [2.05, 4.69) is 4.74 Å². The van der Waals surface area contributed by atoms with Crippen molar-refractivity contribution in [3.63, 3.8) is 0 Å². The molecule has 0 saturated carbocycles. The van der Waals surface area contributed by atoms with Crippen LogP contribution in [0.1, 0.15) is 10.4 Å². The van der Waals surface area contributed by atoms with Crippen LogP contribution >= 0.6 is 0 Å². The number of esters is 1. The predicted octanol–water partition coefficient (Wildman–Crippen LogP) is 1.12. The summed E-state index contributed by atoms with van der Waals surface area (Å²) in [6.07, 6.45) is 0.362. The predicted molar refractivity (Wildman–Crippen MR) is 59.6 cm³/mol. The first-order chi connectivity index (χ1) is 7.99. The SMILES string of the molecule is Cn1cc(C(=O)OC(N)=O)c2ccc(O)cc21. The van der Waals surface area contributed by atoms with E-state index in [1.807, 2.05) is 0 Å². The molecule has 0 atom stereocenters. The molecule has 0 fully saturated rings. The number of amides is 1. The molecular weight excluding hydrogens is 224 g/mol. The van der Waals surface area contributed by atoms with Crippen molar-refractivity contribution >= 4 is 23.0 Å². The van der Waals surface area contributed by atoms with Gasteiger partial charge in [0, 0.05) is 24.7 Å². The number of aryl methyl sites for hydroxylation is 1. The quantitative estimate of drug-likeness (QED) is 0.571. The number of fused-ring (bicyclic) bond motifs is 1. The fourth-order valence-electron chi connectivity index (χ4n) is 1.68. The van der Waals surface area contributed by atoms with Gasteiger partial charge in [-0.15, -0.1) is 0 Å². The Morgan fingerprint density at radius 1 is 1.41 bits per heavy atom. The van der Waals surface area contributed by atoms with Crippen LogP contribution in [0.15, 0.2) is 24.4 Å². The Balaban J connectivity index is 2.56. The van der Waals surface area contributed by atoms with Crippen LogP contribution in [0.25, 0.3) is 10.9 Å². The first-order valence-electron chi connectivity index (χ1n) is 4.78. The maximum atomic E-state index is 11.6. The number of hydrogen-bond acceptors (Lipinski definition) is 4. The van der Waals surface area contributed by atoms with Crippen molar-refractivity contribution in [1.82, 2.24) is 4.57 Å². The molecule has 1 aromatic heterocycles. The number of aromatic nitrogens is 1. The van der Waals surface area contributed by atoms with Gasteiger partial charge in [0.2, 0.25) is 0 Å². The Morgan fingerprint density at radius 2 is 2.12 bits per heavy atom. The average molecular weight is 234 g/mol. The van der Waals surface area contributed by atoms with Crippen molar-refractivity contribution in [1.29, 1.82) is 0 Å². The molecule has 0 aliphatic heterocycles. The molecule has 0 saturated heterocycles. The van der Waals surface area contributed by atoms with E-state index in [1.54, 1.807) is 17.7 Å². The molecule has 2 rings (SSSR count). The molecule has 6 heteroatoms. The van der Waals surface area contributed by atoms with E-state index in [9.17, 15) is 14.7 Å². The average Bonchev–Trinajstić information content (AvgIpc) is 2.55. The molecule has 1 aromatic carbocycles. The van der Waals surface area contributed by atoms with Gasteiger partial charge in [0.05, 0.1) is 11.1 Å². The van der Waals surface area contributed by atoms with Crippen molar-refractivity contribution in [3.8, 4) is 5.75 Å². The lowest BCUT2D eigenvalue weighted by Gasteiger charge is -1.98. The van der Waals surface area contributed by atoms with Crippen molar-refractivity contribution in [2.24, 2.45) is 12.8 Å². The number of rotatable bonds is 1. The number of aromatic hydroxyl groups is 1. The summed E-state index contributed by atoms with van der Waals surface area (Å²) < 4.78 is 5.96. The van der Waals surface area contributed by atoms with E-state index in [4.69, 9.17) is 5.73 Å². The monoisotopic (exact) mass is 234 g/mol. The molecule has 0 unspecified atom stereocenters. The molecule has 0 aliphatic carbocycles. The number of phenolic OH excluding ortho intramolecular Hbond substituents is 1. The number of carbonyl (C=O) groups is 2. The van der Waals surface area contributed by atoms with E-state index in [1.165, 1.54) is 18.3 Å². The topological polar surface area (TPSA) is 94.5 Å². The van der Waals surface area contributed by atoms with Crippen LogP contribution in [-0.2, 0) is 11.8 Å². The lowest BCUT2D eigenvalue weighted by Crippen LogP contribution is -2.18. The van der Waals surface area contributed by atoms with Gasteiger partial charge in [-0.3, -0.25) is 0 Å². The van der Waals surface area contributed by atoms with Crippen LogP contribution in [0.3, 0.4) is 0 Å². The van der Waals surface area contributed by atoms with E-state index in [-0.39, 0.29) is 11.3 Å². The Kier molecular flexibility index (Phi) is 2.47. The first kappa shape index (κ1) is 11.0. The highest BCUT2D eigenvalue weighted by Crippen LogP contribution is 2.25. The van der Waals surface area contributed by atoms with Gasteiger partial charge in [0.15, 0.2) is 0 Å². The lowest BCUT2D eigenvalue weighted by atomic mass is 10.2. The molecular formula is C11H10N2O4. The second kappa shape index (κ2) is 3.82. The van der Waals surface area contributed by atoms with Gasteiger partial charge in [-0.25, -0.2) is 9.59 Å². The van der Waals surface area contributed by atoms with Crippen LogP contribution in [-0.4, -0.2) is 21.7 Å². The molecule has 2 aromatic rings. The Bertz CT molecular complexity index is 615. The summed E-state index contributed by atoms with van der Waals surface area (Å²) in [5.41, 5.74) is 5.65. The van der Waals surface area contributed by atoms with Gasteiger partial charge in [-0.05, 0) is 12.1 Å². The second-order valence-electron chi connectivity index (χ2n) is 3.56. The molecule has 17 heavy (non-hydrogen) atoms. The Labute approximate surface area is 96.2 Å². The van der Waals surface area contributed by atoms with Crippen molar-refractivity contribution in [2.75, 3.05) is 0 Å². The summed E-state index contributed by atoms with van der Waals surface area (Å²) in [5, 5.41) is 9.92. The van der Waals surface area contributed by atoms with Gasteiger partial charge in [-0.2, -0.15) is 0 Å². The summed E-state index contributed by atoms with van der Waals surface area (Å²) in [6.45, 7) is 0. The van der Waals surface area contributed by atoms with Gasteiger partial charge in [-0.1, -0.05) is 0 Å². The molecule has 0 spiro atoms. The molecule has 0 radical (unpaired) electrons. The van der Waals surface area contributed by atoms with Crippen molar-refractivity contribution < 1.29 is 19.4 Å². The minimum atomic E-state index is -1.15. The number of hydrogen-bond donors (Lipinski definition) is 2. The van der Waals surface area contributed by atoms with Gasteiger partial charge in [0.25, 0.3) is 0 Å². The normalized spacial score (nSPS) is 10.4. The first-order valence-corrected chi connectivity index (χ1v) is 4.78. The van der Waals surface area contributed by atoms with Crippen molar-refractivity contribution in [3.05, 3.63) is 30.0 Å².